The summed E-state index contributed by atoms with van der Waals surface area (Å²) in [5.74, 6) is 1.51. The van der Waals surface area contributed by atoms with Gasteiger partial charge in [0.15, 0.2) is 0 Å². The molecular formula is C18H32O2. The van der Waals surface area contributed by atoms with E-state index < -0.39 is 0 Å². The summed E-state index contributed by atoms with van der Waals surface area (Å²) in [6, 6.07) is 0. The first-order valence-corrected chi connectivity index (χ1v) is 9.01. The van der Waals surface area contributed by atoms with Crippen molar-refractivity contribution in [2.24, 2.45) is 17.3 Å². The average Bonchev–Trinajstić information content (AvgIpc) is 3.33. The van der Waals surface area contributed by atoms with E-state index in [1.165, 1.54) is 44.9 Å². The number of hydrogen-bond acceptors (Lipinski definition) is 2. The van der Waals surface area contributed by atoms with Crippen molar-refractivity contribution in [3.05, 3.63) is 0 Å². The molecule has 7 unspecified atom stereocenters. The summed E-state index contributed by atoms with van der Waals surface area (Å²) in [7, 11) is 0. The Morgan fingerprint density at radius 3 is 2.35 bits per heavy atom. The first-order chi connectivity index (χ1) is 9.70. The van der Waals surface area contributed by atoms with Crippen molar-refractivity contribution in [2.75, 3.05) is 0 Å². The second-order valence-electron chi connectivity index (χ2n) is 7.36. The highest BCUT2D eigenvalue weighted by Crippen LogP contribution is 2.65. The normalized spacial score (nSPS) is 46.5. The SMILES string of the molecule is CCCCC1C2OC2C2OC2C1(CCCC)C(C)CC. The van der Waals surface area contributed by atoms with Crippen LogP contribution in [0.3, 0.4) is 0 Å². The number of ether oxygens (including phenoxy) is 2. The van der Waals surface area contributed by atoms with Gasteiger partial charge in [-0.05, 0) is 24.7 Å². The zero-order chi connectivity index (χ0) is 14.3. The van der Waals surface area contributed by atoms with Crippen molar-refractivity contribution >= 4 is 0 Å². The van der Waals surface area contributed by atoms with Crippen LogP contribution in [-0.2, 0) is 9.47 Å². The molecule has 0 aromatic rings. The molecule has 7 atom stereocenters. The first kappa shape index (κ1) is 14.8. The van der Waals surface area contributed by atoms with Gasteiger partial charge in [-0.15, -0.1) is 0 Å². The van der Waals surface area contributed by atoms with E-state index >= 15 is 0 Å². The Bertz CT molecular complexity index is 342. The van der Waals surface area contributed by atoms with Crippen LogP contribution in [0.5, 0.6) is 0 Å². The van der Waals surface area contributed by atoms with Gasteiger partial charge in [0.05, 0.1) is 12.2 Å². The van der Waals surface area contributed by atoms with Crippen LogP contribution in [0.4, 0.5) is 0 Å². The summed E-state index contributed by atoms with van der Waals surface area (Å²) in [4.78, 5) is 0. The molecule has 116 valence electrons. The Morgan fingerprint density at radius 2 is 1.70 bits per heavy atom. The van der Waals surface area contributed by atoms with Gasteiger partial charge in [0.25, 0.3) is 0 Å². The second-order valence-corrected chi connectivity index (χ2v) is 7.36. The molecule has 0 radical (unpaired) electrons. The largest absolute Gasteiger partial charge is 0.366 e. The van der Waals surface area contributed by atoms with Crippen molar-refractivity contribution in [1.29, 1.82) is 0 Å². The molecule has 3 rings (SSSR count). The van der Waals surface area contributed by atoms with Crippen molar-refractivity contribution in [2.45, 2.75) is 97.1 Å². The fourth-order valence-electron chi connectivity index (χ4n) is 4.99. The summed E-state index contributed by atoms with van der Waals surface area (Å²) in [5.41, 5.74) is 0.405. The number of rotatable bonds is 8. The standard InChI is InChI=1S/C18H32O2/c1-5-8-10-13-14-15(19-14)16-17(20-16)18(13,11-9-6-2)12(4)7-3/h12-17H,5-11H2,1-4H3. The highest BCUT2D eigenvalue weighted by atomic mass is 16.7. The smallest absolute Gasteiger partial charge is 0.113 e. The van der Waals surface area contributed by atoms with Crippen molar-refractivity contribution in [3.63, 3.8) is 0 Å². The fraction of sp³-hybridized carbons (Fsp3) is 1.00. The molecule has 0 amide bonds. The number of fused-ring (bicyclic) bond motifs is 3. The third-order valence-corrected chi connectivity index (χ3v) is 6.39. The molecule has 20 heavy (non-hydrogen) atoms. The topological polar surface area (TPSA) is 25.1 Å². The minimum atomic E-state index is 0.405. The second kappa shape index (κ2) is 5.61. The van der Waals surface area contributed by atoms with Crippen LogP contribution >= 0.6 is 0 Å². The van der Waals surface area contributed by atoms with Crippen LogP contribution in [0, 0.1) is 17.3 Å². The molecule has 0 spiro atoms. The Balaban J connectivity index is 1.85. The summed E-state index contributed by atoms with van der Waals surface area (Å²) in [6.45, 7) is 9.44. The van der Waals surface area contributed by atoms with Crippen LogP contribution in [-0.4, -0.2) is 24.4 Å². The maximum atomic E-state index is 6.15. The maximum Gasteiger partial charge on any atom is 0.113 e. The summed E-state index contributed by atoms with van der Waals surface area (Å²) < 4.78 is 12.2. The molecule has 0 aromatic heterocycles. The number of epoxide rings is 2. The molecule has 3 fully saturated rings. The predicted molar refractivity (Wildman–Crippen MR) is 81.8 cm³/mol. The van der Waals surface area contributed by atoms with E-state index in [9.17, 15) is 0 Å². The zero-order valence-corrected chi connectivity index (χ0v) is 13.7. The molecule has 1 saturated carbocycles. The minimum absolute atomic E-state index is 0.405. The molecule has 2 aliphatic heterocycles. The van der Waals surface area contributed by atoms with Crippen LogP contribution in [0.2, 0.25) is 0 Å². The lowest BCUT2D eigenvalue weighted by Crippen LogP contribution is -2.48. The maximum absolute atomic E-state index is 6.15. The van der Waals surface area contributed by atoms with Crippen molar-refractivity contribution in [3.8, 4) is 0 Å². The minimum Gasteiger partial charge on any atom is -0.366 e. The van der Waals surface area contributed by atoms with Gasteiger partial charge < -0.3 is 9.47 Å². The van der Waals surface area contributed by atoms with Gasteiger partial charge in [-0.25, -0.2) is 0 Å². The highest BCUT2D eigenvalue weighted by Gasteiger charge is 2.74. The van der Waals surface area contributed by atoms with E-state index in [1.54, 1.807) is 0 Å². The summed E-state index contributed by atoms with van der Waals surface area (Å²) in [6.07, 6.45) is 11.2. The molecule has 2 heterocycles. The fourth-order valence-corrected chi connectivity index (χ4v) is 4.99. The van der Waals surface area contributed by atoms with E-state index in [1.807, 2.05) is 0 Å². The number of unbranched alkanes of at least 4 members (excludes halogenated alkanes) is 2. The van der Waals surface area contributed by atoms with Crippen LogP contribution in [0.15, 0.2) is 0 Å². The Morgan fingerprint density at radius 1 is 0.950 bits per heavy atom. The van der Waals surface area contributed by atoms with Crippen LogP contribution in [0.1, 0.15) is 72.6 Å². The third-order valence-electron chi connectivity index (χ3n) is 6.39. The van der Waals surface area contributed by atoms with Gasteiger partial charge in [-0.1, -0.05) is 59.8 Å². The number of hydrogen-bond donors (Lipinski definition) is 0. The lowest BCUT2D eigenvalue weighted by Gasteiger charge is -2.46. The van der Waals surface area contributed by atoms with Crippen LogP contribution in [0.25, 0.3) is 0 Å². The summed E-state index contributed by atoms with van der Waals surface area (Å²) >= 11 is 0. The van der Waals surface area contributed by atoms with Crippen LogP contribution < -0.4 is 0 Å². The van der Waals surface area contributed by atoms with E-state index in [2.05, 4.69) is 27.7 Å². The van der Waals surface area contributed by atoms with E-state index in [0.29, 0.717) is 29.8 Å². The quantitative estimate of drug-likeness (QED) is 0.609. The molecule has 2 nitrogen and oxygen atoms in total. The Hall–Kier alpha value is -0.0800. The average molecular weight is 280 g/mol. The molecule has 0 bridgehead atoms. The van der Waals surface area contributed by atoms with Gasteiger partial charge in [0.1, 0.15) is 12.2 Å². The van der Waals surface area contributed by atoms with E-state index in [-0.39, 0.29) is 0 Å². The molecule has 0 N–H and O–H groups in total. The van der Waals surface area contributed by atoms with Crippen molar-refractivity contribution in [1.82, 2.24) is 0 Å². The molecule has 1 aliphatic carbocycles. The third kappa shape index (κ3) is 2.14. The lowest BCUT2D eigenvalue weighted by atomic mass is 9.56. The molecular weight excluding hydrogens is 248 g/mol. The molecule has 3 aliphatic rings. The Kier molecular flexibility index (Phi) is 4.16. The highest BCUT2D eigenvalue weighted by molar-refractivity contribution is 5.21. The summed E-state index contributed by atoms with van der Waals surface area (Å²) in [5, 5.41) is 0. The molecule has 0 aromatic carbocycles. The van der Waals surface area contributed by atoms with Crippen molar-refractivity contribution < 1.29 is 9.47 Å². The van der Waals surface area contributed by atoms with E-state index in [4.69, 9.17) is 9.47 Å². The Labute approximate surface area is 124 Å². The van der Waals surface area contributed by atoms with Gasteiger partial charge >= 0.3 is 0 Å². The van der Waals surface area contributed by atoms with Gasteiger partial charge in [-0.3, -0.25) is 0 Å². The predicted octanol–water partition coefficient (Wildman–Crippen LogP) is 4.56. The van der Waals surface area contributed by atoms with Gasteiger partial charge in [0.2, 0.25) is 0 Å². The zero-order valence-electron chi connectivity index (χ0n) is 13.7. The lowest BCUT2D eigenvalue weighted by molar-refractivity contribution is 0.00552. The van der Waals surface area contributed by atoms with E-state index in [0.717, 1.165) is 11.8 Å². The van der Waals surface area contributed by atoms with Gasteiger partial charge in [-0.2, -0.15) is 0 Å². The van der Waals surface area contributed by atoms with Gasteiger partial charge in [0, 0.05) is 5.41 Å². The monoisotopic (exact) mass is 280 g/mol. The first-order valence-electron chi connectivity index (χ1n) is 9.01. The molecule has 2 heteroatoms. The molecule has 2 saturated heterocycles.